The number of carboxylic acids is 1. The van der Waals surface area contributed by atoms with E-state index >= 15 is 0 Å². The first kappa shape index (κ1) is 13.0. The largest absolute Gasteiger partial charge is 0.478 e. The maximum absolute atomic E-state index is 11.7. The standard InChI is InChI=1S/C14H13NO4/c16-8-7-10-1-4-12(5-2-10)15-9-11(14(18)19)3-6-13(15)17/h1-6,9,16H,7-8H2,(H,18,19). The molecule has 0 aliphatic heterocycles. The van der Waals surface area contributed by atoms with Crippen LogP contribution in [0.5, 0.6) is 0 Å². The van der Waals surface area contributed by atoms with Gasteiger partial charge in [0.2, 0.25) is 0 Å². The molecule has 5 nitrogen and oxygen atoms in total. The van der Waals surface area contributed by atoms with E-state index in [1.54, 1.807) is 24.3 Å². The monoisotopic (exact) mass is 259 g/mol. The van der Waals surface area contributed by atoms with Crippen LogP contribution in [0.3, 0.4) is 0 Å². The minimum atomic E-state index is -1.08. The number of hydrogen-bond acceptors (Lipinski definition) is 3. The molecule has 2 aromatic rings. The number of nitrogens with zero attached hydrogens (tertiary/aromatic N) is 1. The number of pyridine rings is 1. The van der Waals surface area contributed by atoms with E-state index in [9.17, 15) is 9.59 Å². The van der Waals surface area contributed by atoms with Gasteiger partial charge in [-0.05, 0) is 30.2 Å². The van der Waals surface area contributed by atoms with Gasteiger partial charge in [-0.1, -0.05) is 12.1 Å². The Kier molecular flexibility index (Phi) is 3.77. The number of aromatic nitrogens is 1. The zero-order valence-electron chi connectivity index (χ0n) is 10.1. The summed E-state index contributed by atoms with van der Waals surface area (Å²) in [5.41, 5.74) is 1.31. The van der Waals surface area contributed by atoms with E-state index in [-0.39, 0.29) is 17.7 Å². The highest BCUT2D eigenvalue weighted by atomic mass is 16.4. The highest BCUT2D eigenvalue weighted by Gasteiger charge is 2.06. The third-order valence-electron chi connectivity index (χ3n) is 2.77. The summed E-state index contributed by atoms with van der Waals surface area (Å²) in [4.78, 5) is 22.6. The van der Waals surface area contributed by atoms with Crippen molar-refractivity contribution in [2.45, 2.75) is 6.42 Å². The second kappa shape index (κ2) is 5.49. The van der Waals surface area contributed by atoms with Gasteiger partial charge < -0.3 is 10.2 Å². The lowest BCUT2D eigenvalue weighted by molar-refractivity contribution is 0.0696. The van der Waals surface area contributed by atoms with Crippen LogP contribution in [0.15, 0.2) is 47.4 Å². The molecule has 0 saturated carbocycles. The summed E-state index contributed by atoms with van der Waals surface area (Å²) in [7, 11) is 0. The molecule has 0 unspecified atom stereocenters. The van der Waals surface area contributed by atoms with Crippen molar-refractivity contribution >= 4 is 5.97 Å². The minimum Gasteiger partial charge on any atom is -0.478 e. The average Bonchev–Trinajstić information content (AvgIpc) is 2.40. The third kappa shape index (κ3) is 2.89. The topological polar surface area (TPSA) is 79.5 Å². The predicted octanol–water partition coefficient (Wildman–Crippen LogP) is 1.07. The molecular weight excluding hydrogens is 246 g/mol. The Morgan fingerprint density at radius 2 is 1.79 bits per heavy atom. The molecule has 0 radical (unpaired) electrons. The minimum absolute atomic E-state index is 0.0547. The van der Waals surface area contributed by atoms with Crippen LogP contribution in [-0.2, 0) is 6.42 Å². The van der Waals surface area contributed by atoms with Gasteiger partial charge in [0, 0.05) is 24.6 Å². The number of rotatable bonds is 4. The van der Waals surface area contributed by atoms with Crippen molar-refractivity contribution in [1.29, 1.82) is 0 Å². The first-order valence-corrected chi connectivity index (χ1v) is 5.78. The number of aliphatic hydroxyl groups excluding tert-OH is 1. The molecule has 0 aliphatic rings. The number of aliphatic hydroxyl groups is 1. The number of carboxylic acid groups (broad SMARTS) is 1. The van der Waals surface area contributed by atoms with E-state index in [1.165, 1.54) is 22.9 Å². The summed E-state index contributed by atoms with van der Waals surface area (Å²) in [6.45, 7) is 0.0633. The molecule has 1 aromatic carbocycles. The molecule has 98 valence electrons. The lowest BCUT2D eigenvalue weighted by atomic mass is 10.1. The van der Waals surface area contributed by atoms with E-state index in [2.05, 4.69) is 0 Å². The number of aromatic carboxylic acids is 1. The quantitative estimate of drug-likeness (QED) is 0.860. The fraction of sp³-hybridized carbons (Fsp3) is 0.143. The van der Waals surface area contributed by atoms with Crippen LogP contribution in [0, 0.1) is 0 Å². The lowest BCUT2D eigenvalue weighted by Gasteiger charge is -2.07. The molecular formula is C14H13NO4. The smallest absolute Gasteiger partial charge is 0.337 e. The third-order valence-corrected chi connectivity index (χ3v) is 2.77. The first-order valence-electron chi connectivity index (χ1n) is 5.78. The molecule has 1 aromatic heterocycles. The molecule has 5 heteroatoms. The fourth-order valence-electron chi connectivity index (χ4n) is 1.77. The Balaban J connectivity index is 2.43. The Morgan fingerprint density at radius 3 is 2.37 bits per heavy atom. The van der Waals surface area contributed by atoms with Gasteiger partial charge in [-0.2, -0.15) is 0 Å². The molecule has 0 bridgehead atoms. The zero-order chi connectivity index (χ0) is 13.8. The highest BCUT2D eigenvalue weighted by Crippen LogP contribution is 2.09. The summed E-state index contributed by atoms with van der Waals surface area (Å²) >= 11 is 0. The van der Waals surface area contributed by atoms with Gasteiger partial charge in [0.25, 0.3) is 5.56 Å². The van der Waals surface area contributed by atoms with Crippen molar-refractivity contribution in [2.75, 3.05) is 6.61 Å². The van der Waals surface area contributed by atoms with Crippen molar-refractivity contribution in [3.05, 3.63) is 64.1 Å². The summed E-state index contributed by atoms with van der Waals surface area (Å²) in [6, 6.07) is 9.54. The maximum Gasteiger partial charge on any atom is 0.337 e. The van der Waals surface area contributed by atoms with Crippen LogP contribution in [0.4, 0.5) is 0 Å². The van der Waals surface area contributed by atoms with Crippen LogP contribution >= 0.6 is 0 Å². The Morgan fingerprint density at radius 1 is 1.11 bits per heavy atom. The number of hydrogen-bond donors (Lipinski definition) is 2. The molecule has 19 heavy (non-hydrogen) atoms. The van der Waals surface area contributed by atoms with Crippen molar-refractivity contribution in [3.8, 4) is 5.69 Å². The van der Waals surface area contributed by atoms with Crippen LogP contribution < -0.4 is 5.56 Å². The van der Waals surface area contributed by atoms with Gasteiger partial charge in [-0.25, -0.2) is 4.79 Å². The van der Waals surface area contributed by atoms with Crippen molar-refractivity contribution in [1.82, 2.24) is 4.57 Å². The average molecular weight is 259 g/mol. The van der Waals surface area contributed by atoms with Gasteiger partial charge in [0.05, 0.1) is 5.56 Å². The van der Waals surface area contributed by atoms with E-state index in [4.69, 9.17) is 10.2 Å². The molecule has 2 N–H and O–H groups in total. The SMILES string of the molecule is O=C(O)c1ccc(=O)n(-c2ccc(CCO)cc2)c1. The maximum atomic E-state index is 11.7. The Bertz CT molecular complexity index is 643. The molecule has 2 rings (SSSR count). The fourth-order valence-corrected chi connectivity index (χ4v) is 1.77. The van der Waals surface area contributed by atoms with E-state index in [1.807, 2.05) is 0 Å². The molecule has 0 saturated heterocycles. The van der Waals surface area contributed by atoms with E-state index in [0.717, 1.165) is 5.56 Å². The Labute approximate surface area is 109 Å². The van der Waals surface area contributed by atoms with Gasteiger partial charge in [-0.3, -0.25) is 9.36 Å². The van der Waals surface area contributed by atoms with Gasteiger partial charge in [-0.15, -0.1) is 0 Å². The van der Waals surface area contributed by atoms with Crippen LogP contribution in [0.1, 0.15) is 15.9 Å². The first-order chi connectivity index (χ1) is 9.11. The molecule has 0 fully saturated rings. The van der Waals surface area contributed by atoms with E-state index in [0.29, 0.717) is 12.1 Å². The second-order valence-electron chi connectivity index (χ2n) is 4.07. The second-order valence-corrected chi connectivity index (χ2v) is 4.07. The highest BCUT2D eigenvalue weighted by molar-refractivity contribution is 5.87. The molecule has 0 atom stereocenters. The van der Waals surface area contributed by atoms with Gasteiger partial charge in [0.1, 0.15) is 0 Å². The van der Waals surface area contributed by atoms with Crippen LogP contribution in [-0.4, -0.2) is 27.4 Å². The van der Waals surface area contributed by atoms with Crippen molar-refractivity contribution in [3.63, 3.8) is 0 Å². The van der Waals surface area contributed by atoms with Gasteiger partial charge >= 0.3 is 5.97 Å². The summed E-state index contributed by atoms with van der Waals surface area (Å²) < 4.78 is 1.28. The molecule has 1 heterocycles. The molecule has 0 amide bonds. The Hall–Kier alpha value is -2.40. The molecule has 0 spiro atoms. The summed E-state index contributed by atoms with van der Waals surface area (Å²) in [5.74, 6) is -1.08. The normalized spacial score (nSPS) is 10.4. The number of benzene rings is 1. The van der Waals surface area contributed by atoms with Crippen LogP contribution in [0.25, 0.3) is 5.69 Å². The predicted molar refractivity (Wildman–Crippen MR) is 69.8 cm³/mol. The summed E-state index contributed by atoms with van der Waals surface area (Å²) in [5, 5.41) is 17.7. The lowest BCUT2D eigenvalue weighted by Crippen LogP contribution is -2.18. The van der Waals surface area contributed by atoms with Crippen LogP contribution in [0.2, 0.25) is 0 Å². The molecule has 0 aliphatic carbocycles. The summed E-state index contributed by atoms with van der Waals surface area (Å²) in [6.07, 6.45) is 1.84. The van der Waals surface area contributed by atoms with Crippen molar-refractivity contribution in [2.24, 2.45) is 0 Å². The zero-order valence-corrected chi connectivity index (χ0v) is 10.1. The van der Waals surface area contributed by atoms with Gasteiger partial charge in [0.15, 0.2) is 0 Å². The number of carbonyl (C=O) groups is 1. The van der Waals surface area contributed by atoms with Crippen molar-refractivity contribution < 1.29 is 15.0 Å². The van der Waals surface area contributed by atoms with E-state index < -0.39 is 5.97 Å².